The fraction of sp³-hybridized carbons (Fsp3) is 0.240. The smallest absolute Gasteiger partial charge is 0.231 e. The van der Waals surface area contributed by atoms with E-state index >= 15 is 0 Å². The molecule has 0 radical (unpaired) electrons. The number of ether oxygens (including phenoxy) is 2. The Balaban J connectivity index is 1.15. The van der Waals surface area contributed by atoms with E-state index in [4.69, 9.17) is 9.47 Å². The summed E-state index contributed by atoms with van der Waals surface area (Å²) < 4.78 is 25.6. The van der Waals surface area contributed by atoms with Crippen molar-refractivity contribution in [3.8, 4) is 23.0 Å². The first-order valence-electron chi connectivity index (χ1n) is 11.3. The van der Waals surface area contributed by atoms with Gasteiger partial charge in [-0.3, -0.25) is 9.59 Å². The van der Waals surface area contributed by atoms with E-state index < -0.39 is 5.92 Å². The van der Waals surface area contributed by atoms with Gasteiger partial charge in [0.2, 0.25) is 17.7 Å². The molecule has 1 fully saturated rings. The molecule has 0 bridgehead atoms. The number of nitrogens with zero attached hydrogens (tertiary/aromatic N) is 5. The monoisotopic (exact) mass is 490 g/mol. The Bertz CT molecular complexity index is 1390. The minimum atomic E-state index is -0.440. The molecule has 1 unspecified atom stereocenters. The van der Waals surface area contributed by atoms with Crippen LogP contribution in [0.2, 0.25) is 0 Å². The minimum absolute atomic E-state index is 0.0973. The average Bonchev–Trinajstić information content (AvgIpc) is 3.50. The van der Waals surface area contributed by atoms with Crippen molar-refractivity contribution in [2.45, 2.75) is 6.42 Å². The Labute approximate surface area is 205 Å². The first kappa shape index (κ1) is 23.2. The number of benzene rings is 2. The predicted molar refractivity (Wildman–Crippen MR) is 128 cm³/mol. The maximum atomic E-state index is 13.2. The zero-order valence-electron chi connectivity index (χ0n) is 19.4. The molecule has 1 N–H and O–H groups in total. The highest BCUT2D eigenvalue weighted by Crippen LogP contribution is 2.27. The van der Waals surface area contributed by atoms with Gasteiger partial charge in [0, 0.05) is 30.3 Å². The molecule has 36 heavy (non-hydrogen) atoms. The van der Waals surface area contributed by atoms with Crippen LogP contribution in [-0.2, 0) is 9.59 Å². The normalized spacial score (nSPS) is 15.3. The summed E-state index contributed by atoms with van der Waals surface area (Å²) in [5.41, 5.74) is 1.91. The summed E-state index contributed by atoms with van der Waals surface area (Å²) in [5.74, 6) is 0.386. The molecule has 2 aromatic heterocycles. The average molecular weight is 490 g/mol. The molecule has 1 aliphatic rings. The number of rotatable bonds is 8. The van der Waals surface area contributed by atoms with Gasteiger partial charge in [-0.1, -0.05) is 0 Å². The summed E-state index contributed by atoms with van der Waals surface area (Å²) in [6.07, 6.45) is 0.150. The van der Waals surface area contributed by atoms with Crippen LogP contribution in [0.4, 0.5) is 10.1 Å². The van der Waals surface area contributed by atoms with Crippen LogP contribution >= 0.6 is 0 Å². The second-order valence-corrected chi connectivity index (χ2v) is 8.21. The molecule has 11 heteroatoms. The van der Waals surface area contributed by atoms with Gasteiger partial charge in [-0.05, 0) is 54.6 Å². The number of methoxy groups -OCH3 is 1. The van der Waals surface area contributed by atoms with Crippen molar-refractivity contribution < 1.29 is 23.5 Å². The van der Waals surface area contributed by atoms with Crippen LogP contribution in [0.5, 0.6) is 11.6 Å². The number of carbonyl (C=O) groups is 2. The van der Waals surface area contributed by atoms with Crippen LogP contribution in [0, 0.1) is 11.7 Å². The molecule has 0 aliphatic carbocycles. The number of carbonyl (C=O) groups excluding carboxylic acids is 2. The van der Waals surface area contributed by atoms with Crippen LogP contribution in [0.15, 0.2) is 60.7 Å². The molecule has 1 aliphatic heterocycles. The molecule has 1 atom stereocenters. The number of halogens is 1. The minimum Gasteiger partial charge on any atom is -0.497 e. The van der Waals surface area contributed by atoms with Gasteiger partial charge in [-0.2, -0.15) is 4.52 Å². The zero-order chi connectivity index (χ0) is 25.1. The number of hydrogen-bond donors (Lipinski definition) is 1. The Kier molecular flexibility index (Phi) is 6.44. The quantitative estimate of drug-likeness (QED) is 0.378. The molecule has 5 rings (SSSR count). The second-order valence-electron chi connectivity index (χ2n) is 8.21. The van der Waals surface area contributed by atoms with Gasteiger partial charge in [0.05, 0.1) is 19.6 Å². The summed E-state index contributed by atoms with van der Waals surface area (Å²) in [4.78, 5) is 26.7. The van der Waals surface area contributed by atoms with Crippen molar-refractivity contribution in [1.29, 1.82) is 0 Å². The van der Waals surface area contributed by atoms with E-state index in [1.165, 1.54) is 16.6 Å². The summed E-state index contributed by atoms with van der Waals surface area (Å²) in [7, 11) is 1.58. The lowest BCUT2D eigenvalue weighted by Gasteiger charge is -2.17. The fourth-order valence-corrected chi connectivity index (χ4v) is 4.00. The van der Waals surface area contributed by atoms with Crippen molar-refractivity contribution in [3.63, 3.8) is 0 Å². The molecule has 10 nitrogen and oxygen atoms in total. The highest BCUT2D eigenvalue weighted by molar-refractivity contribution is 6.00. The molecule has 0 spiro atoms. The zero-order valence-corrected chi connectivity index (χ0v) is 19.4. The highest BCUT2D eigenvalue weighted by atomic mass is 19.1. The molecule has 1 saturated heterocycles. The van der Waals surface area contributed by atoms with Crippen molar-refractivity contribution in [3.05, 3.63) is 66.5 Å². The molecular weight excluding hydrogens is 467 g/mol. The third-order valence-electron chi connectivity index (χ3n) is 5.87. The van der Waals surface area contributed by atoms with Gasteiger partial charge in [0.1, 0.15) is 18.2 Å². The van der Waals surface area contributed by atoms with Crippen LogP contribution in [-0.4, -0.2) is 58.4 Å². The van der Waals surface area contributed by atoms with Gasteiger partial charge in [-0.25, -0.2) is 4.39 Å². The first-order chi connectivity index (χ1) is 17.5. The van der Waals surface area contributed by atoms with E-state index in [-0.39, 0.29) is 37.2 Å². The number of hydrogen-bond acceptors (Lipinski definition) is 7. The van der Waals surface area contributed by atoms with Crippen molar-refractivity contribution in [2.75, 3.05) is 31.7 Å². The second kappa shape index (κ2) is 9.98. The predicted octanol–water partition coefficient (Wildman–Crippen LogP) is 2.49. The number of anilines is 1. The van der Waals surface area contributed by atoms with Gasteiger partial charge in [0.15, 0.2) is 11.5 Å². The molecule has 4 aromatic rings. The highest BCUT2D eigenvalue weighted by Gasteiger charge is 2.35. The van der Waals surface area contributed by atoms with Crippen LogP contribution < -0.4 is 19.7 Å². The van der Waals surface area contributed by atoms with Gasteiger partial charge in [0.25, 0.3) is 0 Å². The largest absolute Gasteiger partial charge is 0.497 e. The fourth-order valence-electron chi connectivity index (χ4n) is 4.00. The van der Waals surface area contributed by atoms with Crippen molar-refractivity contribution >= 4 is 23.1 Å². The Hall–Kier alpha value is -4.54. The number of fused-ring (bicyclic) bond motifs is 1. The number of amides is 2. The molecule has 184 valence electrons. The van der Waals surface area contributed by atoms with Gasteiger partial charge >= 0.3 is 0 Å². The summed E-state index contributed by atoms with van der Waals surface area (Å²) in [6.45, 7) is 0.746. The summed E-state index contributed by atoms with van der Waals surface area (Å²) in [5, 5.41) is 15.4. The third-order valence-corrected chi connectivity index (χ3v) is 5.87. The lowest BCUT2D eigenvalue weighted by Crippen LogP contribution is -2.35. The maximum Gasteiger partial charge on any atom is 0.231 e. The van der Waals surface area contributed by atoms with Crippen molar-refractivity contribution in [1.82, 2.24) is 25.1 Å². The molecule has 0 saturated carbocycles. The van der Waals surface area contributed by atoms with Crippen molar-refractivity contribution in [2.24, 2.45) is 5.92 Å². The van der Waals surface area contributed by atoms with Crippen LogP contribution in [0.3, 0.4) is 0 Å². The summed E-state index contributed by atoms with van der Waals surface area (Å²) >= 11 is 0. The topological polar surface area (TPSA) is 111 Å². The Morgan fingerprint density at radius 2 is 1.86 bits per heavy atom. The van der Waals surface area contributed by atoms with E-state index in [1.54, 1.807) is 60.5 Å². The lowest BCUT2D eigenvalue weighted by atomic mass is 10.1. The molecule has 3 heterocycles. The molecular formula is C25H23FN6O4. The van der Waals surface area contributed by atoms with Gasteiger partial charge in [-0.15, -0.1) is 15.3 Å². The Morgan fingerprint density at radius 1 is 1.08 bits per heavy atom. The molecule has 2 amide bonds. The van der Waals surface area contributed by atoms with Crippen LogP contribution in [0.25, 0.3) is 17.0 Å². The SMILES string of the molecule is COc1ccc(N2CC(C(=O)NCCOc3ccc4nnc(-c5ccc(F)cc5)n4n3)CC2=O)cc1. The Morgan fingerprint density at radius 3 is 2.61 bits per heavy atom. The van der Waals surface area contributed by atoms with E-state index in [9.17, 15) is 14.0 Å². The summed E-state index contributed by atoms with van der Waals surface area (Å²) in [6, 6.07) is 16.4. The van der Waals surface area contributed by atoms with Crippen LogP contribution in [0.1, 0.15) is 6.42 Å². The third kappa shape index (κ3) is 4.81. The standard InChI is InChI=1S/C25H23FN6O4/c1-35-20-8-6-19(7-9-20)31-15-17(14-23(31)33)25(34)27-12-13-36-22-11-10-21-28-29-24(32(21)30-22)16-2-4-18(26)5-3-16/h2-11,17H,12-15H2,1H3,(H,27,34). The van der Waals surface area contributed by atoms with E-state index in [2.05, 4.69) is 20.6 Å². The number of nitrogens with one attached hydrogen (secondary N) is 1. The van der Waals surface area contributed by atoms with Gasteiger partial charge < -0.3 is 19.7 Å². The maximum absolute atomic E-state index is 13.2. The van der Waals surface area contributed by atoms with E-state index in [0.29, 0.717) is 35.2 Å². The van der Waals surface area contributed by atoms with E-state index in [1.807, 2.05) is 0 Å². The lowest BCUT2D eigenvalue weighted by molar-refractivity contribution is -0.126. The molecule has 2 aromatic carbocycles. The van der Waals surface area contributed by atoms with E-state index in [0.717, 1.165) is 5.69 Å². The number of aromatic nitrogens is 4. The first-order valence-corrected chi connectivity index (χ1v) is 11.3.